The van der Waals surface area contributed by atoms with Crippen LogP contribution in [-0.4, -0.2) is 49.8 Å². The van der Waals surface area contributed by atoms with Crippen molar-refractivity contribution in [3.63, 3.8) is 0 Å². The number of carbonyl (C=O) groups is 1. The van der Waals surface area contributed by atoms with Gasteiger partial charge < -0.3 is 21.1 Å². The second kappa shape index (κ2) is 12.3. The van der Waals surface area contributed by atoms with Crippen LogP contribution in [0.15, 0.2) is 4.99 Å². The molecule has 0 aliphatic rings. The van der Waals surface area contributed by atoms with E-state index >= 15 is 0 Å². The van der Waals surface area contributed by atoms with E-state index in [0.717, 1.165) is 38.8 Å². The average Bonchev–Trinajstić information content (AvgIpc) is 2.54. The summed E-state index contributed by atoms with van der Waals surface area (Å²) in [6, 6.07) is 0. The molecular weight excluding hydrogens is 280 g/mol. The largest absolute Gasteiger partial charge is 0.396 e. The average molecular weight is 314 g/mol. The Labute approximate surface area is 135 Å². The molecule has 0 aliphatic heterocycles. The highest BCUT2D eigenvalue weighted by atomic mass is 16.3. The summed E-state index contributed by atoms with van der Waals surface area (Å²) in [5, 5.41) is 18.5. The number of nitrogens with one attached hydrogen (secondary N) is 3. The molecule has 0 bridgehead atoms. The summed E-state index contributed by atoms with van der Waals surface area (Å²) in [7, 11) is 0. The van der Waals surface area contributed by atoms with E-state index < -0.39 is 0 Å². The summed E-state index contributed by atoms with van der Waals surface area (Å²) in [5.74, 6) is 0.588. The first-order chi connectivity index (χ1) is 10.6. The quantitative estimate of drug-likeness (QED) is 0.342. The van der Waals surface area contributed by atoms with Crippen LogP contribution in [0.25, 0.3) is 0 Å². The Morgan fingerprint density at radius 2 is 1.77 bits per heavy atom. The maximum Gasteiger partial charge on any atom is 0.241 e. The van der Waals surface area contributed by atoms with Crippen LogP contribution in [0.1, 0.15) is 53.4 Å². The number of guanidine groups is 1. The molecule has 0 rings (SSSR count). The Hall–Kier alpha value is -1.30. The number of aliphatic imine (C=N–C) groups is 1. The fraction of sp³-hybridized carbons (Fsp3) is 0.875. The third-order valence-electron chi connectivity index (χ3n) is 4.07. The highest BCUT2D eigenvalue weighted by Gasteiger charge is 2.25. The standard InChI is InChI=1S/C16H34N4O2/c1-5-10-18-14(22)12-19-15(17-8-4)20-13-16(6-2,7-3)9-11-21/h21H,5-13H2,1-4H3,(H,18,22)(H2,17,19,20). The van der Waals surface area contributed by atoms with Crippen molar-refractivity contribution < 1.29 is 9.90 Å². The maximum absolute atomic E-state index is 11.6. The Morgan fingerprint density at radius 3 is 2.27 bits per heavy atom. The molecule has 0 heterocycles. The van der Waals surface area contributed by atoms with E-state index in [1.165, 1.54) is 0 Å². The number of carbonyl (C=O) groups excluding carboxylic acids is 1. The zero-order valence-corrected chi connectivity index (χ0v) is 14.7. The summed E-state index contributed by atoms with van der Waals surface area (Å²) in [6.45, 7) is 10.8. The summed E-state index contributed by atoms with van der Waals surface area (Å²) in [6.07, 6.45) is 3.68. The zero-order chi connectivity index (χ0) is 16.8. The third kappa shape index (κ3) is 8.22. The molecule has 4 N–H and O–H groups in total. The Balaban J connectivity index is 4.58. The van der Waals surface area contributed by atoms with Gasteiger partial charge >= 0.3 is 0 Å². The van der Waals surface area contributed by atoms with Gasteiger partial charge in [-0.15, -0.1) is 0 Å². The fourth-order valence-corrected chi connectivity index (χ4v) is 2.26. The van der Waals surface area contributed by atoms with Gasteiger partial charge in [0.2, 0.25) is 5.91 Å². The van der Waals surface area contributed by atoms with Crippen molar-refractivity contribution in [2.45, 2.75) is 53.4 Å². The van der Waals surface area contributed by atoms with Crippen molar-refractivity contribution in [1.29, 1.82) is 0 Å². The summed E-state index contributed by atoms with van der Waals surface area (Å²) >= 11 is 0. The third-order valence-corrected chi connectivity index (χ3v) is 4.07. The van der Waals surface area contributed by atoms with Gasteiger partial charge in [-0.2, -0.15) is 0 Å². The van der Waals surface area contributed by atoms with E-state index in [0.29, 0.717) is 12.5 Å². The molecule has 0 atom stereocenters. The van der Waals surface area contributed by atoms with E-state index in [1.54, 1.807) is 0 Å². The molecule has 0 saturated heterocycles. The lowest BCUT2D eigenvalue weighted by Crippen LogP contribution is -2.44. The van der Waals surface area contributed by atoms with Gasteiger partial charge in [-0.3, -0.25) is 4.79 Å². The molecule has 0 aromatic carbocycles. The minimum Gasteiger partial charge on any atom is -0.396 e. The highest BCUT2D eigenvalue weighted by molar-refractivity contribution is 5.84. The molecule has 0 radical (unpaired) electrons. The van der Waals surface area contributed by atoms with E-state index in [1.807, 2.05) is 13.8 Å². The number of amides is 1. The van der Waals surface area contributed by atoms with Crippen LogP contribution in [0, 0.1) is 5.41 Å². The Morgan fingerprint density at radius 1 is 1.09 bits per heavy atom. The van der Waals surface area contributed by atoms with Crippen molar-refractivity contribution in [2.75, 3.05) is 32.8 Å². The lowest BCUT2D eigenvalue weighted by Gasteiger charge is -2.32. The fourth-order valence-electron chi connectivity index (χ4n) is 2.26. The molecule has 130 valence electrons. The minimum atomic E-state index is -0.0633. The van der Waals surface area contributed by atoms with Crippen LogP contribution < -0.4 is 16.0 Å². The van der Waals surface area contributed by atoms with Crippen molar-refractivity contribution >= 4 is 11.9 Å². The van der Waals surface area contributed by atoms with Crippen molar-refractivity contribution in [1.82, 2.24) is 16.0 Å². The number of hydrogen-bond acceptors (Lipinski definition) is 3. The Bertz CT molecular complexity index is 328. The molecule has 0 aliphatic carbocycles. The molecule has 1 amide bonds. The lowest BCUT2D eigenvalue weighted by atomic mass is 9.79. The summed E-state index contributed by atoms with van der Waals surface area (Å²) in [5.41, 5.74) is 0.0649. The van der Waals surface area contributed by atoms with Gasteiger partial charge in [-0.1, -0.05) is 20.8 Å². The topological polar surface area (TPSA) is 85.8 Å². The van der Waals surface area contributed by atoms with Gasteiger partial charge in [0.05, 0.1) is 0 Å². The smallest absolute Gasteiger partial charge is 0.241 e. The number of rotatable bonds is 11. The summed E-state index contributed by atoms with van der Waals surface area (Å²) < 4.78 is 0. The number of aliphatic hydroxyl groups is 1. The second-order valence-corrected chi connectivity index (χ2v) is 5.58. The molecule has 0 aromatic heterocycles. The van der Waals surface area contributed by atoms with E-state index in [2.05, 4.69) is 34.8 Å². The van der Waals surface area contributed by atoms with E-state index in [4.69, 9.17) is 0 Å². The van der Waals surface area contributed by atoms with Crippen LogP contribution in [0.4, 0.5) is 0 Å². The van der Waals surface area contributed by atoms with Gasteiger partial charge in [0.15, 0.2) is 5.96 Å². The zero-order valence-electron chi connectivity index (χ0n) is 14.7. The van der Waals surface area contributed by atoms with Gasteiger partial charge in [-0.05, 0) is 38.0 Å². The Kier molecular flexibility index (Phi) is 11.5. The van der Waals surface area contributed by atoms with Crippen molar-refractivity contribution in [3.8, 4) is 0 Å². The van der Waals surface area contributed by atoms with E-state index in [-0.39, 0.29) is 24.5 Å². The van der Waals surface area contributed by atoms with Gasteiger partial charge in [-0.25, -0.2) is 4.99 Å². The van der Waals surface area contributed by atoms with Crippen LogP contribution in [-0.2, 0) is 4.79 Å². The molecule has 6 nitrogen and oxygen atoms in total. The monoisotopic (exact) mass is 314 g/mol. The first-order valence-electron chi connectivity index (χ1n) is 8.47. The number of aliphatic hydroxyl groups excluding tert-OH is 1. The maximum atomic E-state index is 11.6. The summed E-state index contributed by atoms with van der Waals surface area (Å²) in [4.78, 5) is 15.9. The molecule has 0 aromatic rings. The van der Waals surface area contributed by atoms with Gasteiger partial charge in [0, 0.05) is 26.2 Å². The number of nitrogens with zero attached hydrogens (tertiary/aromatic N) is 1. The van der Waals surface area contributed by atoms with Crippen molar-refractivity contribution in [2.24, 2.45) is 10.4 Å². The normalized spacial score (nSPS) is 12.1. The van der Waals surface area contributed by atoms with Crippen LogP contribution >= 0.6 is 0 Å². The van der Waals surface area contributed by atoms with E-state index in [9.17, 15) is 9.90 Å². The van der Waals surface area contributed by atoms with Crippen LogP contribution in [0.3, 0.4) is 0 Å². The molecule has 0 fully saturated rings. The van der Waals surface area contributed by atoms with Crippen LogP contribution in [0.5, 0.6) is 0 Å². The molecule has 22 heavy (non-hydrogen) atoms. The lowest BCUT2D eigenvalue weighted by molar-refractivity contribution is -0.119. The number of hydrogen-bond donors (Lipinski definition) is 4. The second-order valence-electron chi connectivity index (χ2n) is 5.58. The SMILES string of the molecule is CCCNC(=O)CN=C(NCC)NCC(CC)(CC)CCO. The van der Waals surface area contributed by atoms with Crippen LogP contribution in [0.2, 0.25) is 0 Å². The molecular formula is C16H34N4O2. The predicted molar refractivity (Wildman–Crippen MR) is 92.0 cm³/mol. The molecule has 0 spiro atoms. The first kappa shape index (κ1) is 20.7. The van der Waals surface area contributed by atoms with Gasteiger partial charge in [0.25, 0.3) is 0 Å². The predicted octanol–water partition coefficient (Wildman–Crippen LogP) is 1.26. The molecule has 0 unspecified atom stereocenters. The molecule has 6 heteroatoms. The minimum absolute atomic E-state index is 0.0633. The highest BCUT2D eigenvalue weighted by Crippen LogP contribution is 2.29. The first-order valence-corrected chi connectivity index (χ1v) is 8.47. The molecule has 0 saturated carbocycles. The van der Waals surface area contributed by atoms with Crippen molar-refractivity contribution in [3.05, 3.63) is 0 Å². The van der Waals surface area contributed by atoms with Gasteiger partial charge in [0.1, 0.15) is 6.54 Å².